The molecule has 5 aliphatic rings. The summed E-state index contributed by atoms with van der Waals surface area (Å²) in [6.07, 6.45) is -15.2. The van der Waals surface area contributed by atoms with Gasteiger partial charge in [0.05, 0.1) is 16.7 Å². The standard InChI is InChI=1S/C22H26F6O9.C16H30O2/c1-4-19(2,3)18(31)34-12-10-11(32-15(12)30)13-16(33-10)37-20(36-13)7-5-9(6-8-20)14(29)35-17(21(23,24)25)22(26,27)28;1-7-15(3,4)14(17)18-16(5,6)13-10-8-12(2)9-11-13/h9-13,16-17H,4-8H2,1-3H3;12-13H,7-11H2,1-6H3. The van der Waals surface area contributed by atoms with Gasteiger partial charge in [0.1, 0.15) is 11.7 Å². The minimum Gasteiger partial charge on any atom is -0.459 e. The normalized spacial score (nSPS) is 32.6. The van der Waals surface area contributed by atoms with Crippen LogP contribution in [0.3, 0.4) is 0 Å². The summed E-state index contributed by atoms with van der Waals surface area (Å²) in [5.41, 5.74) is -1.52. The predicted molar refractivity (Wildman–Crippen MR) is 180 cm³/mol. The fourth-order valence-electron chi connectivity index (χ4n) is 7.22. The van der Waals surface area contributed by atoms with Crippen LogP contribution in [0.2, 0.25) is 0 Å². The first-order chi connectivity index (χ1) is 25.2. The summed E-state index contributed by atoms with van der Waals surface area (Å²) < 4.78 is 114. The third-order valence-corrected chi connectivity index (χ3v) is 12.0. The van der Waals surface area contributed by atoms with Gasteiger partial charge in [0.15, 0.2) is 24.3 Å². The minimum absolute atomic E-state index is 0.0476. The molecule has 0 N–H and O–H groups in total. The molecule has 0 bridgehead atoms. The Morgan fingerprint density at radius 2 is 1.29 bits per heavy atom. The molecule has 55 heavy (non-hydrogen) atoms. The molecule has 316 valence electrons. The van der Waals surface area contributed by atoms with Crippen molar-refractivity contribution in [1.82, 2.24) is 0 Å². The number of alkyl halides is 6. The van der Waals surface area contributed by atoms with Crippen LogP contribution in [-0.4, -0.2) is 84.4 Å². The summed E-state index contributed by atoms with van der Waals surface area (Å²) in [7, 11) is 0. The van der Waals surface area contributed by atoms with Crippen LogP contribution in [0.25, 0.3) is 0 Å². The van der Waals surface area contributed by atoms with Crippen LogP contribution in [0, 0.1) is 28.6 Å². The van der Waals surface area contributed by atoms with E-state index >= 15 is 0 Å². The monoisotopic (exact) mass is 802 g/mol. The van der Waals surface area contributed by atoms with Crippen LogP contribution >= 0.6 is 0 Å². The van der Waals surface area contributed by atoms with E-state index < -0.39 is 84.2 Å². The molecule has 3 heterocycles. The van der Waals surface area contributed by atoms with Crippen molar-refractivity contribution in [2.24, 2.45) is 28.6 Å². The van der Waals surface area contributed by atoms with Gasteiger partial charge in [0, 0.05) is 12.8 Å². The smallest absolute Gasteiger partial charge is 0.434 e. The molecule has 3 aliphatic heterocycles. The maximum absolute atomic E-state index is 12.7. The Labute approximate surface area is 318 Å². The lowest BCUT2D eigenvalue weighted by Crippen LogP contribution is -2.47. The first-order valence-corrected chi connectivity index (χ1v) is 19.2. The van der Waals surface area contributed by atoms with Crippen molar-refractivity contribution in [3.05, 3.63) is 0 Å². The summed E-state index contributed by atoms with van der Waals surface area (Å²) in [6.45, 7) is 17.6. The highest BCUT2D eigenvalue weighted by atomic mass is 19.4. The molecular weight excluding hydrogens is 746 g/mol. The van der Waals surface area contributed by atoms with E-state index in [1.807, 2.05) is 20.8 Å². The second kappa shape index (κ2) is 16.3. The van der Waals surface area contributed by atoms with Crippen molar-refractivity contribution in [1.29, 1.82) is 0 Å². The minimum atomic E-state index is -5.80. The summed E-state index contributed by atoms with van der Waals surface area (Å²) in [4.78, 5) is 49.1. The third kappa shape index (κ3) is 10.3. The molecule has 5 atom stereocenters. The number of hydrogen-bond donors (Lipinski definition) is 0. The van der Waals surface area contributed by atoms with Crippen molar-refractivity contribution < 1.29 is 78.7 Å². The van der Waals surface area contributed by atoms with Crippen molar-refractivity contribution in [2.45, 2.75) is 187 Å². The van der Waals surface area contributed by atoms with Gasteiger partial charge in [0.2, 0.25) is 6.10 Å². The van der Waals surface area contributed by atoms with Gasteiger partial charge >= 0.3 is 36.2 Å². The maximum Gasteiger partial charge on any atom is 0.434 e. The Hall–Kier alpha value is -2.66. The van der Waals surface area contributed by atoms with Crippen LogP contribution in [-0.2, 0) is 52.3 Å². The lowest BCUT2D eigenvalue weighted by atomic mass is 9.75. The van der Waals surface area contributed by atoms with Crippen LogP contribution < -0.4 is 0 Å². The Kier molecular flexibility index (Phi) is 13.4. The second-order valence-electron chi connectivity index (χ2n) is 17.4. The molecule has 3 saturated heterocycles. The van der Waals surface area contributed by atoms with E-state index in [0.29, 0.717) is 12.3 Å². The Morgan fingerprint density at radius 3 is 1.80 bits per heavy atom. The first-order valence-electron chi connectivity index (χ1n) is 19.2. The topological polar surface area (TPSA) is 133 Å². The average Bonchev–Trinajstić information content (AvgIpc) is 3.69. The summed E-state index contributed by atoms with van der Waals surface area (Å²) in [5.74, 6) is -4.30. The Bertz CT molecular complexity index is 1380. The Morgan fingerprint density at radius 1 is 0.764 bits per heavy atom. The fourth-order valence-corrected chi connectivity index (χ4v) is 7.22. The lowest BCUT2D eigenvalue weighted by Gasteiger charge is -2.39. The molecule has 0 aromatic rings. The molecule has 0 aromatic carbocycles. The molecule has 0 radical (unpaired) electrons. The van der Waals surface area contributed by atoms with Gasteiger partial charge < -0.3 is 33.2 Å². The maximum atomic E-state index is 12.7. The largest absolute Gasteiger partial charge is 0.459 e. The summed E-state index contributed by atoms with van der Waals surface area (Å²) in [5, 5.41) is 0. The molecule has 17 heteroatoms. The van der Waals surface area contributed by atoms with Gasteiger partial charge in [-0.2, -0.15) is 26.3 Å². The highest BCUT2D eigenvalue weighted by Gasteiger charge is 2.67. The van der Waals surface area contributed by atoms with Crippen molar-refractivity contribution in [3.63, 3.8) is 0 Å². The van der Waals surface area contributed by atoms with Crippen molar-refractivity contribution >= 4 is 23.9 Å². The van der Waals surface area contributed by atoms with Crippen LogP contribution in [0.1, 0.15) is 127 Å². The highest BCUT2D eigenvalue weighted by molar-refractivity contribution is 5.84. The summed E-state index contributed by atoms with van der Waals surface area (Å²) in [6, 6.07) is 0. The van der Waals surface area contributed by atoms with Gasteiger partial charge in [-0.1, -0.05) is 33.6 Å². The number of esters is 4. The second-order valence-corrected chi connectivity index (χ2v) is 17.4. The summed E-state index contributed by atoms with van der Waals surface area (Å²) >= 11 is 0. The molecule has 0 amide bonds. The molecule has 1 spiro atoms. The number of ether oxygens (including phenoxy) is 7. The van der Waals surface area contributed by atoms with Gasteiger partial charge in [0.25, 0.3) is 6.10 Å². The zero-order valence-corrected chi connectivity index (χ0v) is 33.0. The Balaban J connectivity index is 0.000000314. The van der Waals surface area contributed by atoms with Crippen LogP contribution in [0.5, 0.6) is 0 Å². The number of fused-ring (bicyclic) bond motifs is 3. The zero-order valence-electron chi connectivity index (χ0n) is 33.0. The average molecular weight is 803 g/mol. The van der Waals surface area contributed by atoms with E-state index in [1.165, 1.54) is 25.7 Å². The van der Waals surface area contributed by atoms with E-state index in [1.54, 1.807) is 20.8 Å². The quantitative estimate of drug-likeness (QED) is 0.128. The molecular formula is C38H56F6O11. The number of rotatable bonds is 9. The molecule has 2 aliphatic carbocycles. The predicted octanol–water partition coefficient (Wildman–Crippen LogP) is 7.89. The van der Waals surface area contributed by atoms with Gasteiger partial charge in [-0.05, 0) is 91.9 Å². The number of hydrogen-bond acceptors (Lipinski definition) is 11. The van der Waals surface area contributed by atoms with Crippen molar-refractivity contribution in [3.8, 4) is 0 Å². The molecule has 5 unspecified atom stereocenters. The van der Waals surface area contributed by atoms with Gasteiger partial charge in [-0.3, -0.25) is 14.4 Å². The van der Waals surface area contributed by atoms with Crippen LogP contribution in [0.4, 0.5) is 26.3 Å². The van der Waals surface area contributed by atoms with Crippen LogP contribution in [0.15, 0.2) is 0 Å². The first kappa shape index (κ1) is 45.0. The molecule has 5 fully saturated rings. The van der Waals surface area contributed by atoms with Crippen molar-refractivity contribution in [2.75, 3.05) is 0 Å². The fraction of sp³-hybridized carbons (Fsp3) is 0.895. The van der Waals surface area contributed by atoms with E-state index in [9.17, 15) is 45.5 Å². The molecule has 2 saturated carbocycles. The number of carbonyl (C=O) groups is 4. The third-order valence-electron chi connectivity index (χ3n) is 12.0. The van der Waals surface area contributed by atoms with E-state index in [2.05, 4.69) is 25.5 Å². The molecule has 0 aromatic heterocycles. The van der Waals surface area contributed by atoms with E-state index in [4.69, 9.17) is 28.4 Å². The molecule has 5 rings (SSSR count). The number of halogens is 6. The SMILES string of the molecule is CCC(C)(C)C(=O)OC(C)(C)C1CCC(C)CC1.CCC(C)(C)C(=O)OC1C(=O)OC2C3OC4(CCC(C(=O)OC(C(F)(F)F)C(F)(F)F)CC4)OC3OC12. The lowest BCUT2D eigenvalue weighted by molar-refractivity contribution is -0.315. The highest BCUT2D eigenvalue weighted by Crippen LogP contribution is 2.50. The number of carbonyl (C=O) groups excluding carboxylic acids is 4. The van der Waals surface area contributed by atoms with E-state index in [-0.39, 0.29) is 42.7 Å². The van der Waals surface area contributed by atoms with Gasteiger partial charge in [-0.25, -0.2) is 4.79 Å². The van der Waals surface area contributed by atoms with Gasteiger partial charge in [-0.15, -0.1) is 0 Å². The van der Waals surface area contributed by atoms with E-state index in [0.717, 1.165) is 12.3 Å². The molecule has 11 nitrogen and oxygen atoms in total. The zero-order chi connectivity index (χ0) is 41.5.